The third-order valence-corrected chi connectivity index (χ3v) is 4.10. The molecule has 102 valence electrons. The van der Waals surface area contributed by atoms with Crippen molar-refractivity contribution in [3.8, 4) is 0 Å². The van der Waals surface area contributed by atoms with E-state index in [9.17, 15) is 18.4 Å². The fraction of sp³-hybridized carbons (Fsp3) is 0.333. The summed E-state index contributed by atoms with van der Waals surface area (Å²) in [4.78, 5) is 22.4. The van der Waals surface area contributed by atoms with Crippen LogP contribution < -0.4 is 5.32 Å². The highest BCUT2D eigenvalue weighted by Crippen LogP contribution is 2.23. The molecule has 0 bridgehead atoms. The van der Waals surface area contributed by atoms with Crippen LogP contribution in [0.2, 0.25) is 0 Å². The summed E-state index contributed by atoms with van der Waals surface area (Å²) in [5.41, 5.74) is 0.239. The van der Waals surface area contributed by atoms with Gasteiger partial charge in [0.25, 0.3) is 0 Å². The van der Waals surface area contributed by atoms with Crippen molar-refractivity contribution in [1.82, 2.24) is 5.32 Å². The van der Waals surface area contributed by atoms with E-state index in [1.165, 1.54) is 6.07 Å². The molecule has 1 aromatic rings. The van der Waals surface area contributed by atoms with Gasteiger partial charge in [0, 0.05) is 11.8 Å². The highest BCUT2D eigenvalue weighted by Gasteiger charge is 2.32. The van der Waals surface area contributed by atoms with Gasteiger partial charge in [-0.05, 0) is 18.1 Å². The smallest absolute Gasteiger partial charge is 0.327 e. The van der Waals surface area contributed by atoms with Gasteiger partial charge < -0.3 is 10.4 Å². The number of halogens is 2. The normalized spacial score (nSPS) is 22.9. The lowest BCUT2D eigenvalue weighted by atomic mass is 10.1. The predicted molar refractivity (Wildman–Crippen MR) is 65.9 cm³/mol. The fourth-order valence-electron chi connectivity index (χ4n) is 1.77. The number of hydrogen-bond donors (Lipinski definition) is 2. The Hall–Kier alpha value is -1.63. The standard InChI is InChI=1S/C12H11F2NO3S/c13-7-2-1-6(8(14)4-7)3-10-11(16)15-9(5-19-10)12(17)18/h1-2,4,9-10H,3,5H2,(H,15,16)(H,17,18)/t9-,10-/m0/s1. The highest BCUT2D eigenvalue weighted by molar-refractivity contribution is 8.00. The van der Waals surface area contributed by atoms with Gasteiger partial charge in [0.1, 0.15) is 17.7 Å². The molecule has 2 rings (SSSR count). The molecule has 1 aromatic carbocycles. The zero-order valence-electron chi connectivity index (χ0n) is 9.73. The number of rotatable bonds is 3. The van der Waals surface area contributed by atoms with Crippen LogP contribution in [0.5, 0.6) is 0 Å². The van der Waals surface area contributed by atoms with Crippen molar-refractivity contribution in [1.29, 1.82) is 0 Å². The van der Waals surface area contributed by atoms with E-state index >= 15 is 0 Å². The van der Waals surface area contributed by atoms with Crippen LogP contribution in [0.3, 0.4) is 0 Å². The molecule has 0 aromatic heterocycles. The Labute approximate surface area is 112 Å². The van der Waals surface area contributed by atoms with Gasteiger partial charge in [-0.2, -0.15) is 0 Å². The van der Waals surface area contributed by atoms with Crippen LogP contribution in [0.4, 0.5) is 8.78 Å². The van der Waals surface area contributed by atoms with Gasteiger partial charge >= 0.3 is 5.97 Å². The number of benzene rings is 1. The molecule has 2 N–H and O–H groups in total. The Morgan fingerprint density at radius 1 is 1.47 bits per heavy atom. The van der Waals surface area contributed by atoms with E-state index in [2.05, 4.69) is 5.32 Å². The van der Waals surface area contributed by atoms with Crippen molar-refractivity contribution in [2.75, 3.05) is 5.75 Å². The van der Waals surface area contributed by atoms with Crippen LogP contribution in [0.1, 0.15) is 5.56 Å². The molecule has 0 spiro atoms. The molecule has 0 radical (unpaired) electrons. The van der Waals surface area contributed by atoms with Crippen LogP contribution in [-0.4, -0.2) is 34.0 Å². The summed E-state index contributed by atoms with van der Waals surface area (Å²) in [6.45, 7) is 0. The third-order valence-electron chi connectivity index (χ3n) is 2.79. The number of carboxylic acids is 1. The number of carbonyl (C=O) groups is 2. The first kappa shape index (κ1) is 13.8. The summed E-state index contributed by atoms with van der Waals surface area (Å²) in [6.07, 6.45) is 0.106. The molecule has 0 unspecified atom stereocenters. The molecule has 1 amide bonds. The van der Waals surface area contributed by atoms with E-state index in [-0.39, 0.29) is 17.7 Å². The Kier molecular flexibility index (Phi) is 4.04. The average molecular weight is 287 g/mol. The van der Waals surface area contributed by atoms with Crippen LogP contribution in [0, 0.1) is 11.6 Å². The van der Waals surface area contributed by atoms with Crippen LogP contribution in [0.15, 0.2) is 18.2 Å². The number of amides is 1. The largest absolute Gasteiger partial charge is 0.480 e. The van der Waals surface area contributed by atoms with E-state index in [0.29, 0.717) is 0 Å². The van der Waals surface area contributed by atoms with E-state index in [1.807, 2.05) is 0 Å². The molecular formula is C12H11F2NO3S. The first-order chi connectivity index (χ1) is 8.97. The SMILES string of the molecule is O=C(O)[C@@H]1CS[C@@H](Cc2ccc(F)cc2F)C(=O)N1. The number of hydrogen-bond acceptors (Lipinski definition) is 3. The van der Waals surface area contributed by atoms with E-state index in [0.717, 1.165) is 23.9 Å². The molecule has 1 heterocycles. The molecule has 1 saturated heterocycles. The lowest BCUT2D eigenvalue weighted by molar-refractivity contribution is -0.141. The quantitative estimate of drug-likeness (QED) is 0.876. The van der Waals surface area contributed by atoms with Crippen LogP contribution in [-0.2, 0) is 16.0 Å². The Morgan fingerprint density at radius 3 is 2.79 bits per heavy atom. The van der Waals surface area contributed by atoms with Gasteiger partial charge in [0.2, 0.25) is 5.91 Å². The van der Waals surface area contributed by atoms with Gasteiger partial charge in [0.05, 0.1) is 5.25 Å². The average Bonchev–Trinajstić information content (AvgIpc) is 2.34. The summed E-state index contributed by atoms with van der Waals surface area (Å²) >= 11 is 1.16. The molecule has 0 aliphatic carbocycles. The summed E-state index contributed by atoms with van der Waals surface area (Å²) in [6, 6.07) is 2.28. The first-order valence-corrected chi connectivity index (χ1v) is 6.61. The molecule has 0 saturated carbocycles. The Morgan fingerprint density at radius 2 is 2.21 bits per heavy atom. The van der Waals surface area contributed by atoms with Crippen LogP contribution in [0.25, 0.3) is 0 Å². The minimum Gasteiger partial charge on any atom is -0.480 e. The third kappa shape index (κ3) is 3.23. The Bertz CT molecular complexity index is 524. The lowest BCUT2D eigenvalue weighted by Crippen LogP contribution is -2.51. The van der Waals surface area contributed by atoms with Gasteiger partial charge in [-0.3, -0.25) is 4.79 Å². The van der Waals surface area contributed by atoms with E-state index in [4.69, 9.17) is 5.11 Å². The highest BCUT2D eigenvalue weighted by atomic mass is 32.2. The number of carbonyl (C=O) groups excluding carboxylic acids is 1. The first-order valence-electron chi connectivity index (χ1n) is 5.56. The molecule has 1 aliphatic heterocycles. The fourth-order valence-corrected chi connectivity index (χ4v) is 2.93. The molecule has 7 heteroatoms. The maximum Gasteiger partial charge on any atom is 0.327 e. The minimum atomic E-state index is -1.09. The Balaban J connectivity index is 2.04. The summed E-state index contributed by atoms with van der Waals surface area (Å²) in [5.74, 6) is -2.67. The van der Waals surface area contributed by atoms with Gasteiger partial charge in [-0.1, -0.05) is 6.07 Å². The lowest BCUT2D eigenvalue weighted by Gasteiger charge is -2.26. The number of thioether (sulfide) groups is 1. The molecule has 1 fully saturated rings. The minimum absolute atomic E-state index is 0.106. The molecular weight excluding hydrogens is 276 g/mol. The van der Waals surface area contributed by atoms with Gasteiger partial charge in [0.15, 0.2) is 0 Å². The van der Waals surface area contributed by atoms with Crippen molar-refractivity contribution >= 4 is 23.6 Å². The second-order valence-electron chi connectivity index (χ2n) is 4.16. The monoisotopic (exact) mass is 287 g/mol. The number of aliphatic carboxylic acids is 1. The van der Waals surface area contributed by atoms with Gasteiger partial charge in [-0.15, -0.1) is 11.8 Å². The maximum atomic E-state index is 13.5. The molecule has 19 heavy (non-hydrogen) atoms. The molecule has 1 aliphatic rings. The van der Waals surface area contributed by atoms with Crippen molar-refractivity contribution in [3.63, 3.8) is 0 Å². The second kappa shape index (κ2) is 5.56. The van der Waals surface area contributed by atoms with Gasteiger partial charge in [-0.25, -0.2) is 13.6 Å². The van der Waals surface area contributed by atoms with Crippen molar-refractivity contribution in [2.24, 2.45) is 0 Å². The van der Waals surface area contributed by atoms with E-state index < -0.39 is 34.8 Å². The summed E-state index contributed by atoms with van der Waals surface area (Å²) in [5, 5.41) is 10.6. The van der Waals surface area contributed by atoms with Crippen LogP contribution >= 0.6 is 11.8 Å². The number of nitrogens with one attached hydrogen (secondary N) is 1. The van der Waals surface area contributed by atoms with E-state index in [1.54, 1.807) is 0 Å². The zero-order chi connectivity index (χ0) is 14.0. The predicted octanol–water partition coefficient (Wildman–Crippen LogP) is 1.19. The molecule has 2 atom stereocenters. The maximum absolute atomic E-state index is 13.5. The zero-order valence-corrected chi connectivity index (χ0v) is 10.5. The summed E-state index contributed by atoms with van der Waals surface area (Å²) in [7, 11) is 0. The van der Waals surface area contributed by atoms with Crippen molar-refractivity contribution < 1.29 is 23.5 Å². The van der Waals surface area contributed by atoms with Crippen molar-refractivity contribution in [2.45, 2.75) is 17.7 Å². The molecule has 4 nitrogen and oxygen atoms in total. The second-order valence-corrected chi connectivity index (χ2v) is 5.40. The van der Waals surface area contributed by atoms with Crippen molar-refractivity contribution in [3.05, 3.63) is 35.4 Å². The summed E-state index contributed by atoms with van der Waals surface area (Å²) < 4.78 is 26.2. The number of carboxylic acid groups (broad SMARTS) is 1. The topological polar surface area (TPSA) is 66.4 Å².